The van der Waals surface area contributed by atoms with Gasteiger partial charge in [-0.1, -0.05) is 0 Å². The highest BCUT2D eigenvalue weighted by molar-refractivity contribution is 6.09. The summed E-state index contributed by atoms with van der Waals surface area (Å²) in [7, 11) is 2.08. The summed E-state index contributed by atoms with van der Waals surface area (Å²) in [4.78, 5) is 17.0. The molecule has 0 bridgehead atoms. The van der Waals surface area contributed by atoms with Crippen LogP contribution in [-0.4, -0.2) is 15.3 Å². The van der Waals surface area contributed by atoms with Gasteiger partial charge in [0.05, 0.1) is 16.9 Å². The minimum atomic E-state index is 0.173. The second-order valence-corrected chi connectivity index (χ2v) is 6.01. The van der Waals surface area contributed by atoms with Crippen molar-refractivity contribution < 1.29 is 4.79 Å². The van der Waals surface area contributed by atoms with Gasteiger partial charge in [-0.15, -0.1) is 0 Å². The quantitative estimate of drug-likeness (QED) is 0.799. The van der Waals surface area contributed by atoms with Gasteiger partial charge in [-0.05, 0) is 44.1 Å². The fraction of sp³-hybridized carbons (Fsp3) is 0.500. The number of ketones is 1. The lowest BCUT2D eigenvalue weighted by atomic mass is 9.90. The molecule has 0 atom stereocenters. The van der Waals surface area contributed by atoms with E-state index < -0.39 is 0 Å². The minimum absolute atomic E-state index is 0.173. The Balaban J connectivity index is 2.12. The summed E-state index contributed by atoms with van der Waals surface area (Å²) in [5.41, 5.74) is 12.4. The average Bonchev–Trinajstić information content (AvgIpc) is 2.73. The molecule has 0 radical (unpaired) electrons. The van der Waals surface area contributed by atoms with E-state index in [9.17, 15) is 4.79 Å². The lowest BCUT2D eigenvalue weighted by Crippen LogP contribution is -2.16. The number of nitrogens with zero attached hydrogens (tertiary/aromatic N) is 2. The molecule has 0 aromatic carbocycles. The molecule has 0 spiro atoms. The summed E-state index contributed by atoms with van der Waals surface area (Å²) in [6, 6.07) is 0. The third kappa shape index (κ3) is 1.42. The molecule has 4 rings (SSSR count). The molecule has 0 aliphatic heterocycles. The van der Waals surface area contributed by atoms with Crippen molar-refractivity contribution in [2.45, 2.75) is 44.9 Å². The second-order valence-electron chi connectivity index (χ2n) is 6.01. The molecule has 2 N–H and O–H groups in total. The number of nitrogen functional groups attached to an aromatic ring is 1. The van der Waals surface area contributed by atoms with Crippen molar-refractivity contribution in [2.24, 2.45) is 7.05 Å². The third-order valence-corrected chi connectivity index (χ3v) is 4.85. The van der Waals surface area contributed by atoms with Crippen LogP contribution in [0, 0.1) is 0 Å². The molecule has 0 saturated heterocycles. The van der Waals surface area contributed by atoms with Crippen molar-refractivity contribution >= 4 is 22.5 Å². The number of aromatic nitrogens is 2. The Kier molecular flexibility index (Phi) is 2.43. The largest absolute Gasteiger partial charge is 0.397 e. The highest BCUT2D eigenvalue weighted by Crippen LogP contribution is 2.38. The van der Waals surface area contributed by atoms with Crippen molar-refractivity contribution in [1.82, 2.24) is 9.55 Å². The zero-order valence-corrected chi connectivity index (χ0v) is 11.8. The Morgan fingerprint density at radius 2 is 1.90 bits per heavy atom. The van der Waals surface area contributed by atoms with Gasteiger partial charge in [-0.25, -0.2) is 4.98 Å². The van der Waals surface area contributed by atoms with Gasteiger partial charge in [0.15, 0.2) is 5.78 Å². The summed E-state index contributed by atoms with van der Waals surface area (Å²) in [5.74, 6) is 0.173. The number of carbonyl (C=O) groups is 1. The number of nitrogens with two attached hydrogens (primary N) is 1. The van der Waals surface area contributed by atoms with Crippen molar-refractivity contribution in [2.75, 3.05) is 5.73 Å². The number of aryl methyl sites for hydroxylation is 3. The number of Topliss-reactive ketones (excluding diaryl/α,β-unsaturated/α-hetero) is 1. The average molecular weight is 269 g/mol. The number of carbonyl (C=O) groups excluding carboxylic acids is 1. The van der Waals surface area contributed by atoms with E-state index in [1.165, 1.54) is 24.1 Å². The Morgan fingerprint density at radius 1 is 1.10 bits per heavy atom. The van der Waals surface area contributed by atoms with Gasteiger partial charge in [0, 0.05) is 24.5 Å². The van der Waals surface area contributed by atoms with Crippen molar-refractivity contribution in [1.29, 1.82) is 0 Å². The molecule has 0 unspecified atom stereocenters. The normalized spacial score (nSPS) is 18.1. The molecule has 2 aromatic heterocycles. The first-order valence-corrected chi connectivity index (χ1v) is 7.50. The number of rotatable bonds is 0. The number of hydrogen-bond donors (Lipinski definition) is 1. The summed E-state index contributed by atoms with van der Waals surface area (Å²) >= 11 is 0. The number of fused-ring (bicyclic) bond motifs is 4. The molecule has 2 heterocycles. The topological polar surface area (TPSA) is 60.9 Å². The Labute approximate surface area is 118 Å². The molecular weight excluding hydrogens is 250 g/mol. The Morgan fingerprint density at radius 3 is 2.75 bits per heavy atom. The fourth-order valence-corrected chi connectivity index (χ4v) is 3.87. The Bertz CT molecular complexity index is 742. The first kappa shape index (κ1) is 11.9. The molecule has 4 nitrogen and oxygen atoms in total. The molecule has 104 valence electrons. The van der Waals surface area contributed by atoms with Crippen LogP contribution in [0.15, 0.2) is 0 Å². The molecule has 0 saturated carbocycles. The zero-order valence-electron chi connectivity index (χ0n) is 11.8. The maximum Gasteiger partial charge on any atom is 0.166 e. The lowest BCUT2D eigenvalue weighted by Gasteiger charge is -2.17. The van der Waals surface area contributed by atoms with E-state index in [0.29, 0.717) is 17.7 Å². The molecule has 2 aromatic rings. The van der Waals surface area contributed by atoms with Crippen LogP contribution in [0.4, 0.5) is 5.69 Å². The van der Waals surface area contributed by atoms with E-state index in [1.54, 1.807) is 0 Å². The lowest BCUT2D eigenvalue weighted by molar-refractivity contribution is 0.0972. The predicted molar refractivity (Wildman–Crippen MR) is 79.0 cm³/mol. The van der Waals surface area contributed by atoms with Crippen LogP contribution < -0.4 is 5.73 Å². The number of hydrogen-bond acceptors (Lipinski definition) is 3. The third-order valence-electron chi connectivity index (χ3n) is 4.85. The van der Waals surface area contributed by atoms with Crippen LogP contribution in [0.5, 0.6) is 0 Å². The second kappa shape index (κ2) is 4.08. The summed E-state index contributed by atoms with van der Waals surface area (Å²) in [5, 5.41) is 1.05. The van der Waals surface area contributed by atoms with Crippen molar-refractivity contribution in [3.8, 4) is 0 Å². The van der Waals surface area contributed by atoms with Crippen molar-refractivity contribution in [3.05, 3.63) is 22.5 Å². The van der Waals surface area contributed by atoms with E-state index >= 15 is 0 Å². The highest BCUT2D eigenvalue weighted by Gasteiger charge is 2.28. The minimum Gasteiger partial charge on any atom is -0.397 e. The van der Waals surface area contributed by atoms with Gasteiger partial charge in [0.2, 0.25) is 0 Å². The van der Waals surface area contributed by atoms with Crippen molar-refractivity contribution in [3.63, 3.8) is 0 Å². The van der Waals surface area contributed by atoms with Crippen LogP contribution in [-0.2, 0) is 26.3 Å². The molecule has 0 amide bonds. The van der Waals surface area contributed by atoms with Crippen LogP contribution in [0.1, 0.15) is 53.0 Å². The summed E-state index contributed by atoms with van der Waals surface area (Å²) < 4.78 is 2.19. The number of pyridine rings is 1. The van der Waals surface area contributed by atoms with E-state index in [-0.39, 0.29) is 5.78 Å². The summed E-state index contributed by atoms with van der Waals surface area (Å²) in [6.07, 6.45) is 6.97. The van der Waals surface area contributed by atoms with E-state index in [0.717, 1.165) is 42.4 Å². The fourth-order valence-electron chi connectivity index (χ4n) is 3.87. The SMILES string of the molecule is Cn1c2c(c3c(N)c4c(nc31)CCCC4=O)CCCC2. The molecular formula is C16H19N3O. The zero-order chi connectivity index (χ0) is 13.9. The van der Waals surface area contributed by atoms with Gasteiger partial charge >= 0.3 is 0 Å². The van der Waals surface area contributed by atoms with Gasteiger partial charge in [-0.3, -0.25) is 4.79 Å². The standard InChI is InChI=1S/C16H19N3O/c1-19-11-7-3-2-5-9(11)13-15(17)14-10(18-16(13)19)6-4-8-12(14)20/h2-8H2,1H3,(H2,17,18). The Hall–Kier alpha value is -1.84. The molecule has 20 heavy (non-hydrogen) atoms. The van der Waals surface area contributed by atoms with Gasteiger partial charge in [0.25, 0.3) is 0 Å². The highest BCUT2D eigenvalue weighted by atomic mass is 16.1. The van der Waals surface area contributed by atoms with Crippen LogP contribution in [0.25, 0.3) is 11.0 Å². The maximum absolute atomic E-state index is 12.2. The summed E-state index contributed by atoms with van der Waals surface area (Å²) in [6.45, 7) is 0. The first-order valence-electron chi connectivity index (χ1n) is 7.50. The monoisotopic (exact) mass is 269 g/mol. The molecule has 2 aliphatic carbocycles. The molecule has 2 aliphatic rings. The maximum atomic E-state index is 12.2. The first-order chi connectivity index (χ1) is 9.68. The molecule has 4 heteroatoms. The molecule has 0 fully saturated rings. The van der Waals surface area contributed by atoms with E-state index in [1.807, 2.05) is 0 Å². The van der Waals surface area contributed by atoms with Crippen LogP contribution >= 0.6 is 0 Å². The number of anilines is 1. The predicted octanol–water partition coefficient (Wildman–Crippen LogP) is 2.55. The van der Waals surface area contributed by atoms with Gasteiger partial charge in [-0.2, -0.15) is 0 Å². The van der Waals surface area contributed by atoms with E-state index in [2.05, 4.69) is 11.6 Å². The smallest absolute Gasteiger partial charge is 0.166 e. The van der Waals surface area contributed by atoms with Crippen LogP contribution in [0.2, 0.25) is 0 Å². The van der Waals surface area contributed by atoms with Gasteiger partial charge in [0.1, 0.15) is 5.65 Å². The van der Waals surface area contributed by atoms with E-state index in [4.69, 9.17) is 10.7 Å². The van der Waals surface area contributed by atoms with Crippen LogP contribution in [0.3, 0.4) is 0 Å². The van der Waals surface area contributed by atoms with Gasteiger partial charge < -0.3 is 10.3 Å².